The number of aromatic nitrogens is 3. The summed E-state index contributed by atoms with van der Waals surface area (Å²) in [7, 11) is 0. The first-order chi connectivity index (χ1) is 14.4. The van der Waals surface area contributed by atoms with Gasteiger partial charge in [-0.2, -0.15) is 5.10 Å². The van der Waals surface area contributed by atoms with Crippen LogP contribution in [0.1, 0.15) is 40.8 Å². The van der Waals surface area contributed by atoms with Crippen LogP contribution in [-0.2, 0) is 6.42 Å². The van der Waals surface area contributed by atoms with Crippen molar-refractivity contribution in [2.45, 2.75) is 26.3 Å². The van der Waals surface area contributed by atoms with E-state index in [9.17, 15) is 14.0 Å². The second-order valence-corrected chi connectivity index (χ2v) is 8.24. The molecule has 0 saturated heterocycles. The zero-order chi connectivity index (χ0) is 21.3. The van der Waals surface area contributed by atoms with Crippen LogP contribution < -0.4 is 10.9 Å². The number of hydrogen-bond acceptors (Lipinski definition) is 5. The van der Waals surface area contributed by atoms with Crippen LogP contribution in [-0.4, -0.2) is 20.7 Å². The minimum atomic E-state index is -0.428. The minimum Gasteiger partial charge on any atom is -0.296 e. The van der Waals surface area contributed by atoms with E-state index in [2.05, 4.69) is 15.4 Å². The maximum atomic E-state index is 13.1. The number of carbonyl (C=O) groups is 1. The number of amides is 1. The number of nitrogens with one attached hydrogen (secondary N) is 1. The molecule has 2 aromatic heterocycles. The number of hydrogen-bond donors (Lipinski definition) is 1. The van der Waals surface area contributed by atoms with Gasteiger partial charge in [-0.05, 0) is 37.6 Å². The van der Waals surface area contributed by atoms with E-state index in [0.717, 1.165) is 10.4 Å². The number of carbonyl (C=O) groups excluding carboxylic acids is 1. The summed E-state index contributed by atoms with van der Waals surface area (Å²) in [4.78, 5) is 30.8. The van der Waals surface area contributed by atoms with E-state index >= 15 is 0 Å². The number of halogens is 1. The third kappa shape index (κ3) is 3.99. The lowest BCUT2D eigenvalue weighted by Crippen LogP contribution is -2.28. The second-order valence-electron chi connectivity index (χ2n) is 7.13. The van der Waals surface area contributed by atoms with Crippen LogP contribution in [0.15, 0.2) is 59.5 Å². The molecule has 4 rings (SSSR count). The summed E-state index contributed by atoms with van der Waals surface area (Å²) in [6.45, 7) is 3.68. The molecule has 8 heteroatoms. The predicted octanol–water partition coefficient (Wildman–Crippen LogP) is 4.42. The first kappa shape index (κ1) is 19.9. The number of rotatable bonds is 5. The molecule has 0 bridgehead atoms. The van der Waals surface area contributed by atoms with Gasteiger partial charge in [-0.3, -0.25) is 14.9 Å². The minimum absolute atomic E-state index is 0.175. The van der Waals surface area contributed by atoms with E-state index < -0.39 is 5.91 Å². The average Bonchev–Trinajstić information content (AvgIpc) is 3.16. The van der Waals surface area contributed by atoms with E-state index in [0.29, 0.717) is 22.3 Å². The zero-order valence-corrected chi connectivity index (χ0v) is 17.2. The standard InChI is InChI=1S/C22H19FN4O2S/c1-13(2)27-21(29)18-6-4-3-5-17(18)19(26-27)20(28)25-22-24-12-16(30-22)11-14-7-9-15(23)10-8-14/h3-10,12-13H,11H2,1-2H3,(H,24,25,28). The monoisotopic (exact) mass is 422 g/mol. The van der Waals surface area contributed by atoms with Crippen LogP contribution >= 0.6 is 11.3 Å². The van der Waals surface area contributed by atoms with Crippen LogP contribution in [0.4, 0.5) is 9.52 Å². The summed E-state index contributed by atoms with van der Waals surface area (Å²) in [6.07, 6.45) is 2.28. The van der Waals surface area contributed by atoms with Gasteiger partial charge in [0.1, 0.15) is 5.82 Å². The van der Waals surface area contributed by atoms with Crippen LogP contribution in [0.5, 0.6) is 0 Å². The lowest BCUT2D eigenvalue weighted by molar-refractivity contribution is 0.102. The predicted molar refractivity (Wildman–Crippen MR) is 116 cm³/mol. The highest BCUT2D eigenvalue weighted by Crippen LogP contribution is 2.23. The Labute approximate surface area is 176 Å². The molecule has 6 nitrogen and oxygen atoms in total. The molecule has 30 heavy (non-hydrogen) atoms. The SMILES string of the molecule is CC(C)n1nc(C(=O)Nc2ncc(Cc3ccc(F)cc3)s2)c2ccccc2c1=O. The Bertz CT molecular complexity index is 1280. The van der Waals surface area contributed by atoms with Crippen LogP contribution in [0.3, 0.4) is 0 Å². The van der Waals surface area contributed by atoms with Crippen molar-refractivity contribution in [3.8, 4) is 0 Å². The average molecular weight is 422 g/mol. The van der Waals surface area contributed by atoms with Gasteiger partial charge < -0.3 is 0 Å². The molecule has 0 fully saturated rings. The van der Waals surface area contributed by atoms with Crippen molar-refractivity contribution in [1.29, 1.82) is 0 Å². The summed E-state index contributed by atoms with van der Waals surface area (Å²) < 4.78 is 14.4. The Kier molecular flexibility index (Phi) is 5.41. The maximum absolute atomic E-state index is 13.1. The van der Waals surface area contributed by atoms with Crippen molar-refractivity contribution in [3.63, 3.8) is 0 Å². The Hall–Kier alpha value is -3.39. The zero-order valence-electron chi connectivity index (χ0n) is 16.4. The van der Waals surface area contributed by atoms with Gasteiger partial charge in [0.2, 0.25) is 0 Å². The van der Waals surface area contributed by atoms with Gasteiger partial charge in [0, 0.05) is 22.9 Å². The number of nitrogens with zero attached hydrogens (tertiary/aromatic N) is 3. The van der Waals surface area contributed by atoms with Crippen molar-refractivity contribution in [1.82, 2.24) is 14.8 Å². The molecule has 0 aliphatic heterocycles. The van der Waals surface area contributed by atoms with E-state index in [1.54, 1.807) is 42.6 Å². The molecular formula is C22H19FN4O2S. The molecule has 0 spiro atoms. The lowest BCUT2D eigenvalue weighted by atomic mass is 10.1. The lowest BCUT2D eigenvalue weighted by Gasteiger charge is -2.12. The molecule has 152 valence electrons. The number of fused-ring (bicyclic) bond motifs is 1. The maximum Gasteiger partial charge on any atom is 0.278 e. The highest BCUT2D eigenvalue weighted by atomic mass is 32.1. The van der Waals surface area contributed by atoms with Gasteiger partial charge in [-0.15, -0.1) is 11.3 Å². The molecule has 0 radical (unpaired) electrons. The molecule has 0 unspecified atom stereocenters. The first-order valence-electron chi connectivity index (χ1n) is 9.44. The molecular weight excluding hydrogens is 403 g/mol. The smallest absolute Gasteiger partial charge is 0.278 e. The molecule has 2 heterocycles. The fourth-order valence-electron chi connectivity index (χ4n) is 3.13. The number of anilines is 1. The van der Waals surface area contributed by atoms with Gasteiger partial charge in [0.25, 0.3) is 11.5 Å². The van der Waals surface area contributed by atoms with E-state index in [4.69, 9.17) is 0 Å². The summed E-state index contributed by atoms with van der Waals surface area (Å²) in [5, 5.41) is 8.48. The van der Waals surface area contributed by atoms with Gasteiger partial charge in [0.05, 0.1) is 11.4 Å². The third-order valence-corrected chi connectivity index (χ3v) is 5.51. The van der Waals surface area contributed by atoms with Crippen LogP contribution in [0.25, 0.3) is 10.8 Å². The highest BCUT2D eigenvalue weighted by molar-refractivity contribution is 7.15. The van der Waals surface area contributed by atoms with Crippen molar-refractivity contribution in [2.75, 3.05) is 5.32 Å². The van der Waals surface area contributed by atoms with Crippen molar-refractivity contribution in [3.05, 3.63) is 87.0 Å². The molecule has 0 saturated carbocycles. The number of thiazole rings is 1. The molecule has 0 atom stereocenters. The normalized spacial score (nSPS) is 11.2. The molecule has 4 aromatic rings. The molecule has 2 aromatic carbocycles. The Morgan fingerprint density at radius 2 is 1.83 bits per heavy atom. The number of benzene rings is 2. The fourth-order valence-corrected chi connectivity index (χ4v) is 3.97. The van der Waals surface area contributed by atoms with Crippen LogP contribution in [0.2, 0.25) is 0 Å². The van der Waals surface area contributed by atoms with Crippen LogP contribution in [0, 0.1) is 5.82 Å². The molecule has 1 amide bonds. The van der Waals surface area contributed by atoms with Crippen molar-refractivity contribution < 1.29 is 9.18 Å². The van der Waals surface area contributed by atoms with Gasteiger partial charge >= 0.3 is 0 Å². The van der Waals surface area contributed by atoms with E-state index in [1.165, 1.54) is 28.2 Å². The topological polar surface area (TPSA) is 76.9 Å². The van der Waals surface area contributed by atoms with Crippen molar-refractivity contribution in [2.24, 2.45) is 0 Å². The molecule has 1 N–H and O–H groups in total. The quantitative estimate of drug-likeness (QED) is 0.517. The summed E-state index contributed by atoms with van der Waals surface area (Å²) in [6, 6.07) is 13.0. The van der Waals surface area contributed by atoms with Gasteiger partial charge in [-0.1, -0.05) is 30.3 Å². The fraction of sp³-hybridized carbons (Fsp3) is 0.182. The van der Waals surface area contributed by atoms with E-state index in [1.807, 2.05) is 13.8 Å². The Morgan fingerprint density at radius 3 is 2.53 bits per heavy atom. The molecule has 0 aliphatic rings. The Balaban J connectivity index is 1.61. The van der Waals surface area contributed by atoms with Gasteiger partial charge in [0.15, 0.2) is 10.8 Å². The van der Waals surface area contributed by atoms with E-state index in [-0.39, 0.29) is 23.1 Å². The summed E-state index contributed by atoms with van der Waals surface area (Å²) >= 11 is 1.34. The highest BCUT2D eigenvalue weighted by Gasteiger charge is 2.19. The summed E-state index contributed by atoms with van der Waals surface area (Å²) in [5.74, 6) is -0.707. The summed E-state index contributed by atoms with van der Waals surface area (Å²) in [5.41, 5.74) is 0.900. The largest absolute Gasteiger partial charge is 0.296 e. The third-order valence-electron chi connectivity index (χ3n) is 4.60. The van der Waals surface area contributed by atoms with Gasteiger partial charge in [-0.25, -0.2) is 14.1 Å². The van der Waals surface area contributed by atoms with Crippen molar-refractivity contribution >= 4 is 33.1 Å². The Morgan fingerprint density at radius 1 is 1.13 bits per heavy atom. The second kappa shape index (κ2) is 8.16. The molecule has 0 aliphatic carbocycles. The first-order valence-corrected chi connectivity index (χ1v) is 10.3.